The van der Waals surface area contributed by atoms with Gasteiger partial charge in [-0.1, -0.05) is 71.1 Å². The van der Waals surface area contributed by atoms with Crippen LogP contribution in [0.25, 0.3) is 0 Å². The molecule has 1 aliphatic carbocycles. The Hall–Kier alpha value is -3.41. The number of aliphatic hydroxyl groups excluding tert-OH is 2. The Morgan fingerprint density at radius 2 is 1.57 bits per heavy atom. The van der Waals surface area contributed by atoms with E-state index in [1.807, 2.05) is 58.1 Å². The molecule has 0 spiro atoms. The summed E-state index contributed by atoms with van der Waals surface area (Å²) in [6, 6.07) is -1.16. The second-order valence-electron chi connectivity index (χ2n) is 20.1. The Labute approximate surface area is 405 Å². The number of fused-ring (bicyclic) bond motifs is 3. The van der Waals surface area contributed by atoms with E-state index >= 15 is 0 Å². The molecule has 3 heterocycles. The lowest BCUT2D eigenvalue weighted by molar-refractivity contribution is -0.231. The van der Waals surface area contributed by atoms with Gasteiger partial charge in [-0.3, -0.25) is 19.2 Å². The van der Waals surface area contributed by atoms with Gasteiger partial charge in [-0.15, -0.1) is 0 Å². The van der Waals surface area contributed by atoms with Crippen molar-refractivity contribution in [1.29, 1.82) is 0 Å². The highest BCUT2D eigenvalue weighted by Crippen LogP contribution is 2.37. The van der Waals surface area contributed by atoms with Crippen molar-refractivity contribution in [3.8, 4) is 0 Å². The molecule has 15 heteroatoms. The van der Waals surface area contributed by atoms with Crippen LogP contribution in [0.1, 0.15) is 126 Å². The van der Waals surface area contributed by atoms with Gasteiger partial charge in [0.25, 0.3) is 5.91 Å². The molecule has 3 N–H and O–H groups in total. The van der Waals surface area contributed by atoms with E-state index in [0.29, 0.717) is 56.9 Å². The summed E-state index contributed by atoms with van der Waals surface area (Å²) in [4.78, 5) is 72.5. The summed E-state index contributed by atoms with van der Waals surface area (Å²) in [5.74, 6) is -8.02. The molecule has 0 aromatic heterocycles. The molecule has 1 unspecified atom stereocenters. The highest BCUT2D eigenvalue weighted by atomic mass is 16.6. The number of cyclic esters (lactones) is 1. The van der Waals surface area contributed by atoms with Gasteiger partial charge in [0.1, 0.15) is 30.1 Å². The van der Waals surface area contributed by atoms with Crippen LogP contribution in [0.2, 0.25) is 0 Å². The van der Waals surface area contributed by atoms with Crippen LogP contribution in [0.5, 0.6) is 0 Å². The summed E-state index contributed by atoms with van der Waals surface area (Å²) in [5, 5.41) is 33.0. The number of hydrogen-bond acceptors (Lipinski definition) is 14. The van der Waals surface area contributed by atoms with Crippen molar-refractivity contribution in [1.82, 2.24) is 4.90 Å². The van der Waals surface area contributed by atoms with Crippen LogP contribution >= 0.6 is 0 Å². The lowest BCUT2D eigenvalue weighted by atomic mass is 9.78. The fourth-order valence-corrected chi connectivity index (χ4v) is 10.5. The van der Waals surface area contributed by atoms with Crippen molar-refractivity contribution in [2.45, 2.75) is 180 Å². The molecule has 0 radical (unpaired) electrons. The summed E-state index contributed by atoms with van der Waals surface area (Å²) in [7, 11) is 4.57. The van der Waals surface area contributed by atoms with Crippen molar-refractivity contribution >= 4 is 29.2 Å². The predicted molar refractivity (Wildman–Crippen MR) is 256 cm³/mol. The van der Waals surface area contributed by atoms with Crippen molar-refractivity contribution in [3.05, 3.63) is 47.6 Å². The topological polar surface area (TPSA) is 205 Å². The standard InChI is InChI=1S/C53H83NO14/c1-32-16-12-11-13-17-33(2)44(63-8)30-40-21-19-34(3)50(59)53(62,68-40)52(61)54-23-15-14-18-41(54)51(60)67-45(36(5)28-39-20-22-43(66-25-24-55)46(29-39)64-9)31-42(56)35(4)27-38(7)48(58)49(65-10)47(57)37(6)26-32/h11-13,16-17,27,32,34-37,39-41,43-46,48-49,55,58,62H,14-15,18-26,28-31H2,1-10H3/t32-,34-,35-,36-,37-,39+,40+,41+,43-,44+,45+,46-,48-,49+,53?/m1/s1. The highest BCUT2D eigenvalue weighted by molar-refractivity contribution is 6.09. The molecule has 15 atom stereocenters. The number of carbonyl (C=O) groups excluding carboxylic acids is 5. The molecular weight excluding hydrogens is 875 g/mol. The van der Waals surface area contributed by atoms with Gasteiger partial charge in [-0.2, -0.15) is 0 Å². The molecular formula is C53H83NO14. The van der Waals surface area contributed by atoms with Crippen LogP contribution < -0.4 is 0 Å². The largest absolute Gasteiger partial charge is 0.460 e. The van der Waals surface area contributed by atoms with Gasteiger partial charge in [0, 0.05) is 58.5 Å². The number of amides is 1. The number of ether oxygens (including phenoxy) is 6. The third-order valence-corrected chi connectivity index (χ3v) is 14.8. The minimum atomic E-state index is -2.86. The number of Topliss-reactive ketones (excluding diaryl/α,β-unsaturated/α-hetero) is 3. The lowest BCUT2D eigenvalue weighted by Crippen LogP contribution is -2.62. The van der Waals surface area contributed by atoms with E-state index in [-0.39, 0.29) is 80.5 Å². The minimum absolute atomic E-state index is 0.0112. The molecule has 1 saturated carbocycles. The summed E-state index contributed by atoms with van der Waals surface area (Å²) in [5.41, 5.74) is 1.24. The molecule has 3 fully saturated rings. The van der Waals surface area contributed by atoms with Crippen LogP contribution in [0.4, 0.5) is 0 Å². The third-order valence-electron chi connectivity index (χ3n) is 14.8. The SMILES string of the molecule is CO[C@H]1C[C@@H]2CC[C@@H](C)C(=O)C(O)(O2)C(=O)N2CCCC[C@H]2C(=O)O[C@H]([C@H](C)C[C@@H]2CC[C@@H](OCCO)[C@H](OC)C2)CC(=O)[C@H](C)C=C(C)[C@@H](O)[C@@H](OC)C(=O)[C@H](C)C[C@H](C)C=CC=CC=C1C. The summed E-state index contributed by atoms with van der Waals surface area (Å²) in [6.07, 6.45) is 11.5. The smallest absolute Gasteiger partial charge is 0.329 e. The first-order chi connectivity index (χ1) is 32.3. The average Bonchev–Trinajstić information content (AvgIpc) is 3.43. The molecule has 0 aromatic rings. The maximum Gasteiger partial charge on any atom is 0.329 e. The zero-order valence-corrected chi connectivity index (χ0v) is 42.4. The van der Waals surface area contributed by atoms with E-state index in [4.69, 9.17) is 28.4 Å². The number of methoxy groups -OCH3 is 3. The average molecular weight is 958 g/mol. The normalized spacial score (nSPS) is 36.7. The Morgan fingerprint density at radius 3 is 2.25 bits per heavy atom. The maximum atomic E-state index is 14.7. The van der Waals surface area contributed by atoms with E-state index in [2.05, 4.69) is 0 Å². The lowest BCUT2D eigenvalue weighted by Gasteiger charge is -2.40. The number of allylic oxidation sites excluding steroid dienone is 6. The van der Waals surface area contributed by atoms with E-state index in [1.165, 1.54) is 12.0 Å². The van der Waals surface area contributed by atoms with E-state index in [9.17, 15) is 39.3 Å². The Balaban J connectivity index is 1.73. The van der Waals surface area contributed by atoms with Crippen molar-refractivity contribution in [3.63, 3.8) is 0 Å². The number of aliphatic hydroxyl groups is 3. The maximum absolute atomic E-state index is 14.7. The first kappa shape index (κ1) is 57.2. The predicted octanol–water partition coefficient (Wildman–Crippen LogP) is 6.20. The number of ketones is 3. The summed E-state index contributed by atoms with van der Waals surface area (Å²) in [6.45, 7) is 12.8. The number of rotatable bonds is 9. The first-order valence-corrected chi connectivity index (χ1v) is 25.0. The van der Waals surface area contributed by atoms with Crippen molar-refractivity contribution in [2.75, 3.05) is 41.1 Å². The molecule has 1 amide bonds. The molecule has 15 nitrogen and oxygen atoms in total. The fraction of sp³-hybridized carbons (Fsp3) is 0.755. The van der Waals surface area contributed by atoms with Crippen LogP contribution in [0.3, 0.4) is 0 Å². The summed E-state index contributed by atoms with van der Waals surface area (Å²) < 4.78 is 35.7. The van der Waals surface area contributed by atoms with Crippen LogP contribution in [-0.4, -0.2) is 145 Å². The molecule has 68 heavy (non-hydrogen) atoms. The molecule has 2 bridgehead atoms. The van der Waals surface area contributed by atoms with Crippen LogP contribution in [0, 0.1) is 35.5 Å². The first-order valence-electron chi connectivity index (χ1n) is 25.0. The fourth-order valence-electron chi connectivity index (χ4n) is 10.5. The Bertz CT molecular complexity index is 1810. The van der Waals surface area contributed by atoms with Gasteiger partial charge in [-0.25, -0.2) is 4.79 Å². The summed E-state index contributed by atoms with van der Waals surface area (Å²) >= 11 is 0. The van der Waals surface area contributed by atoms with Crippen molar-refractivity contribution < 1.29 is 67.7 Å². The van der Waals surface area contributed by atoms with Gasteiger partial charge in [0.15, 0.2) is 5.78 Å². The van der Waals surface area contributed by atoms with Gasteiger partial charge in [0.05, 0.1) is 37.6 Å². The van der Waals surface area contributed by atoms with Crippen LogP contribution in [0.15, 0.2) is 47.6 Å². The second-order valence-corrected chi connectivity index (χ2v) is 20.1. The molecule has 2 saturated heterocycles. The Morgan fingerprint density at radius 1 is 0.838 bits per heavy atom. The molecule has 0 aromatic carbocycles. The Kier molecular flexibility index (Phi) is 22.9. The number of carbonyl (C=O) groups is 5. The number of piperidine rings is 1. The number of esters is 1. The highest BCUT2D eigenvalue weighted by Gasteiger charge is 2.55. The second kappa shape index (κ2) is 27.3. The minimum Gasteiger partial charge on any atom is -0.460 e. The monoisotopic (exact) mass is 958 g/mol. The number of hydrogen-bond donors (Lipinski definition) is 3. The van der Waals surface area contributed by atoms with Gasteiger partial charge >= 0.3 is 11.8 Å². The molecule has 384 valence electrons. The molecule has 3 aliphatic heterocycles. The van der Waals surface area contributed by atoms with Crippen molar-refractivity contribution in [2.24, 2.45) is 35.5 Å². The van der Waals surface area contributed by atoms with E-state index in [1.54, 1.807) is 41.1 Å². The zero-order chi connectivity index (χ0) is 50.3. The van der Waals surface area contributed by atoms with Gasteiger partial charge in [-0.05, 0) is 107 Å². The number of nitrogens with zero attached hydrogens (tertiary/aromatic N) is 1. The quantitative estimate of drug-likeness (QED) is 0.134. The molecule has 4 rings (SSSR count). The van der Waals surface area contributed by atoms with E-state index < -0.39 is 77.8 Å². The molecule has 4 aliphatic rings. The van der Waals surface area contributed by atoms with Crippen LogP contribution in [-0.2, 0) is 52.4 Å². The van der Waals surface area contributed by atoms with E-state index in [0.717, 1.165) is 12.0 Å². The van der Waals surface area contributed by atoms with Gasteiger partial charge < -0.3 is 48.6 Å². The van der Waals surface area contributed by atoms with Gasteiger partial charge in [0.2, 0.25) is 5.78 Å². The zero-order valence-electron chi connectivity index (χ0n) is 42.4. The third kappa shape index (κ3) is 15.3.